The topological polar surface area (TPSA) is 102 Å². The lowest BCUT2D eigenvalue weighted by Crippen LogP contribution is -2.36. The number of rotatable bonds is 7. The second-order valence-corrected chi connectivity index (χ2v) is 8.12. The fourth-order valence-corrected chi connectivity index (χ4v) is 3.88. The van der Waals surface area contributed by atoms with Gasteiger partial charge in [0.15, 0.2) is 6.61 Å². The molecular formula is C23H22N2O6S. The molecule has 0 aliphatic carbocycles. The number of hydrogen-bond donors (Lipinski definition) is 1. The number of ether oxygens (including phenoxy) is 2. The number of imide groups is 1. The third-order valence-electron chi connectivity index (χ3n) is 4.44. The van der Waals surface area contributed by atoms with E-state index in [9.17, 15) is 19.2 Å². The van der Waals surface area contributed by atoms with Crippen LogP contribution in [0.2, 0.25) is 0 Å². The smallest absolute Gasteiger partial charge is 0.343 e. The molecule has 3 rings (SSSR count). The highest BCUT2D eigenvalue weighted by molar-refractivity contribution is 8.18. The lowest BCUT2D eigenvalue weighted by molar-refractivity contribution is -0.142. The Bertz CT molecular complexity index is 1070. The summed E-state index contributed by atoms with van der Waals surface area (Å²) >= 11 is 0.777. The maximum atomic E-state index is 12.7. The van der Waals surface area contributed by atoms with Crippen LogP contribution in [-0.2, 0) is 19.1 Å². The Morgan fingerprint density at radius 2 is 1.72 bits per heavy atom. The second-order valence-electron chi connectivity index (χ2n) is 7.13. The van der Waals surface area contributed by atoms with Crippen LogP contribution >= 0.6 is 11.8 Å². The zero-order chi connectivity index (χ0) is 23.3. The Kier molecular flexibility index (Phi) is 7.32. The first-order chi connectivity index (χ1) is 15.2. The van der Waals surface area contributed by atoms with Crippen LogP contribution in [0.4, 0.5) is 10.5 Å². The normalized spacial score (nSPS) is 14.6. The van der Waals surface area contributed by atoms with Gasteiger partial charge in [-0.1, -0.05) is 18.2 Å². The van der Waals surface area contributed by atoms with Gasteiger partial charge in [-0.25, -0.2) is 4.79 Å². The molecule has 1 saturated heterocycles. The third-order valence-corrected chi connectivity index (χ3v) is 5.35. The molecule has 9 heteroatoms. The monoisotopic (exact) mass is 454 g/mol. The summed E-state index contributed by atoms with van der Waals surface area (Å²) in [7, 11) is 1.27. The number of aryl methyl sites for hydroxylation is 2. The minimum Gasteiger partial charge on any atom is -0.482 e. The van der Waals surface area contributed by atoms with E-state index in [4.69, 9.17) is 4.74 Å². The molecule has 0 atom stereocenters. The average molecular weight is 455 g/mol. The molecule has 1 fully saturated rings. The Hall–Kier alpha value is -3.59. The predicted octanol–water partition coefficient (Wildman–Crippen LogP) is 3.53. The van der Waals surface area contributed by atoms with Gasteiger partial charge in [-0.15, -0.1) is 0 Å². The number of carbonyl (C=O) groups is 4. The summed E-state index contributed by atoms with van der Waals surface area (Å²) in [6, 6.07) is 12.3. The number of esters is 1. The van der Waals surface area contributed by atoms with Gasteiger partial charge in [0.25, 0.3) is 11.1 Å². The van der Waals surface area contributed by atoms with Gasteiger partial charge in [-0.2, -0.15) is 0 Å². The van der Waals surface area contributed by atoms with Crippen molar-refractivity contribution in [3.05, 3.63) is 64.1 Å². The van der Waals surface area contributed by atoms with E-state index in [0.717, 1.165) is 27.8 Å². The number of thioether (sulfide) groups is 1. The minimum absolute atomic E-state index is 0.209. The number of methoxy groups -OCH3 is 1. The Morgan fingerprint density at radius 3 is 2.34 bits per heavy atom. The van der Waals surface area contributed by atoms with Gasteiger partial charge in [0.2, 0.25) is 5.91 Å². The van der Waals surface area contributed by atoms with Crippen LogP contribution < -0.4 is 10.1 Å². The van der Waals surface area contributed by atoms with Crippen molar-refractivity contribution < 1.29 is 28.7 Å². The maximum absolute atomic E-state index is 12.7. The van der Waals surface area contributed by atoms with E-state index in [-0.39, 0.29) is 18.1 Å². The number of carbonyl (C=O) groups excluding carboxylic acids is 4. The molecule has 0 radical (unpaired) electrons. The Morgan fingerprint density at radius 1 is 1.06 bits per heavy atom. The van der Waals surface area contributed by atoms with E-state index < -0.39 is 23.0 Å². The molecule has 0 saturated carbocycles. The molecule has 0 unspecified atom stereocenters. The first-order valence-electron chi connectivity index (χ1n) is 9.68. The molecule has 3 amide bonds. The van der Waals surface area contributed by atoms with Crippen LogP contribution in [0.15, 0.2) is 47.4 Å². The molecule has 8 nitrogen and oxygen atoms in total. The Balaban J connectivity index is 1.62. The molecule has 2 aromatic rings. The summed E-state index contributed by atoms with van der Waals surface area (Å²) in [6.45, 7) is 3.26. The van der Waals surface area contributed by atoms with Gasteiger partial charge >= 0.3 is 5.97 Å². The van der Waals surface area contributed by atoms with Crippen LogP contribution in [-0.4, -0.2) is 48.2 Å². The van der Waals surface area contributed by atoms with E-state index >= 15 is 0 Å². The highest BCUT2D eigenvalue weighted by atomic mass is 32.2. The first kappa shape index (κ1) is 23.1. The summed E-state index contributed by atoms with van der Waals surface area (Å²) in [5, 5.41) is 2.22. The van der Waals surface area contributed by atoms with Gasteiger partial charge in [0, 0.05) is 5.69 Å². The lowest BCUT2D eigenvalue weighted by atomic mass is 10.1. The molecular weight excluding hydrogens is 432 g/mol. The summed E-state index contributed by atoms with van der Waals surface area (Å²) in [4.78, 5) is 49.6. The quantitative estimate of drug-likeness (QED) is 0.504. The molecule has 1 heterocycles. The van der Waals surface area contributed by atoms with E-state index in [1.165, 1.54) is 7.11 Å². The molecule has 0 spiro atoms. The van der Waals surface area contributed by atoms with E-state index in [0.29, 0.717) is 17.0 Å². The largest absolute Gasteiger partial charge is 0.482 e. The number of hydrogen-bond acceptors (Lipinski definition) is 7. The van der Waals surface area contributed by atoms with Crippen LogP contribution in [0.5, 0.6) is 5.75 Å². The highest BCUT2D eigenvalue weighted by Crippen LogP contribution is 2.32. The van der Waals surface area contributed by atoms with Gasteiger partial charge in [0.1, 0.15) is 12.3 Å². The molecule has 2 aromatic carbocycles. The van der Waals surface area contributed by atoms with Crippen molar-refractivity contribution in [3.8, 4) is 5.75 Å². The zero-order valence-corrected chi connectivity index (χ0v) is 18.7. The van der Waals surface area contributed by atoms with Gasteiger partial charge < -0.3 is 14.8 Å². The summed E-state index contributed by atoms with van der Waals surface area (Å²) in [5.41, 5.74) is 3.28. The molecule has 0 bridgehead atoms. The molecule has 0 aromatic heterocycles. The molecule has 1 N–H and O–H groups in total. The molecule has 1 aliphatic heterocycles. The van der Waals surface area contributed by atoms with Crippen LogP contribution in [0.1, 0.15) is 16.7 Å². The fourth-order valence-electron chi connectivity index (χ4n) is 3.04. The summed E-state index contributed by atoms with van der Waals surface area (Å²) in [6.07, 6.45) is 1.57. The van der Waals surface area contributed by atoms with E-state index in [1.54, 1.807) is 30.3 Å². The molecule has 1 aliphatic rings. The number of nitrogens with one attached hydrogen (secondary N) is 1. The minimum atomic E-state index is -0.526. The predicted molar refractivity (Wildman–Crippen MR) is 121 cm³/mol. The van der Waals surface area contributed by atoms with Gasteiger partial charge in [-0.3, -0.25) is 19.3 Å². The van der Waals surface area contributed by atoms with Crippen molar-refractivity contribution in [2.24, 2.45) is 0 Å². The van der Waals surface area contributed by atoms with Crippen LogP contribution in [0.25, 0.3) is 6.08 Å². The molecule has 166 valence electrons. The second kappa shape index (κ2) is 10.1. The average Bonchev–Trinajstić information content (AvgIpc) is 2.99. The zero-order valence-electron chi connectivity index (χ0n) is 17.8. The van der Waals surface area contributed by atoms with Crippen molar-refractivity contribution in [1.29, 1.82) is 0 Å². The van der Waals surface area contributed by atoms with Gasteiger partial charge in [0.05, 0.1) is 12.0 Å². The van der Waals surface area contributed by atoms with Crippen LogP contribution in [0.3, 0.4) is 0 Å². The van der Waals surface area contributed by atoms with Crippen LogP contribution in [0, 0.1) is 13.8 Å². The third kappa shape index (κ3) is 5.98. The highest BCUT2D eigenvalue weighted by Gasteiger charge is 2.36. The Labute approximate surface area is 189 Å². The van der Waals surface area contributed by atoms with E-state index in [1.807, 2.05) is 32.0 Å². The number of nitrogens with zero attached hydrogens (tertiary/aromatic N) is 1. The standard InChI is InChI=1S/C23H22N2O6S/c1-14-8-15(2)10-17(9-14)24-20(26)12-25-22(28)19(32-23(25)29)11-16-4-6-18(7-5-16)31-13-21(27)30-3/h4-11H,12-13H2,1-3H3,(H,24,26)/b19-11-. The number of anilines is 1. The fraction of sp³-hybridized carbons (Fsp3) is 0.217. The summed E-state index contributed by atoms with van der Waals surface area (Å²) < 4.78 is 9.78. The first-order valence-corrected chi connectivity index (χ1v) is 10.5. The van der Waals surface area contributed by atoms with Crippen molar-refractivity contribution in [2.75, 3.05) is 25.6 Å². The van der Waals surface area contributed by atoms with Crippen molar-refractivity contribution in [1.82, 2.24) is 4.90 Å². The lowest BCUT2D eigenvalue weighted by Gasteiger charge is -2.13. The maximum Gasteiger partial charge on any atom is 0.343 e. The van der Waals surface area contributed by atoms with Crippen molar-refractivity contribution in [2.45, 2.75) is 13.8 Å². The van der Waals surface area contributed by atoms with E-state index in [2.05, 4.69) is 10.1 Å². The number of benzene rings is 2. The number of amides is 3. The van der Waals surface area contributed by atoms with Crippen molar-refractivity contribution >= 4 is 46.5 Å². The SMILES string of the molecule is COC(=O)COc1ccc(/C=C2\SC(=O)N(CC(=O)Nc3cc(C)cc(C)c3)C2=O)cc1. The molecule has 32 heavy (non-hydrogen) atoms. The van der Waals surface area contributed by atoms with Crippen molar-refractivity contribution in [3.63, 3.8) is 0 Å². The summed E-state index contributed by atoms with van der Waals surface area (Å²) in [5.74, 6) is -1.01. The van der Waals surface area contributed by atoms with Gasteiger partial charge in [-0.05, 0) is 72.6 Å².